The van der Waals surface area contributed by atoms with Gasteiger partial charge in [-0.05, 0) is 35.5 Å². The van der Waals surface area contributed by atoms with E-state index in [1.54, 1.807) is 0 Å². The summed E-state index contributed by atoms with van der Waals surface area (Å²) < 4.78 is 0.701. The summed E-state index contributed by atoms with van der Waals surface area (Å²) in [5, 5.41) is 0. The SMILES string of the molecule is CC(C)(C)SC1=CC=C(SC(C)(C)C)C2=C(SC(C)(C)C)C=CC(SC(C)(C)C)=C1C2. The lowest BCUT2D eigenvalue weighted by Crippen LogP contribution is -2.11. The topological polar surface area (TPSA) is 0 Å². The van der Waals surface area contributed by atoms with Crippen LogP contribution in [0.1, 0.15) is 89.5 Å². The molecule has 0 saturated carbocycles. The lowest BCUT2D eigenvalue weighted by molar-refractivity contribution is 0.805. The van der Waals surface area contributed by atoms with Crippen LogP contribution in [0.3, 0.4) is 0 Å². The fourth-order valence-corrected chi connectivity index (χ4v) is 7.71. The summed E-state index contributed by atoms with van der Waals surface area (Å²) in [4.78, 5) is 5.70. The van der Waals surface area contributed by atoms with Gasteiger partial charge in [-0.25, -0.2) is 0 Å². The highest BCUT2D eigenvalue weighted by atomic mass is 32.2. The summed E-state index contributed by atoms with van der Waals surface area (Å²) >= 11 is 8.02. The quantitative estimate of drug-likeness (QED) is 0.381. The average molecular weight is 495 g/mol. The van der Waals surface area contributed by atoms with E-state index in [-0.39, 0.29) is 19.0 Å². The molecule has 0 nitrogen and oxygen atoms in total. The second kappa shape index (κ2) is 9.76. The van der Waals surface area contributed by atoms with Crippen LogP contribution in [0.4, 0.5) is 0 Å². The van der Waals surface area contributed by atoms with Crippen LogP contribution in [0.5, 0.6) is 0 Å². The Hall–Kier alpha value is 0.1000. The van der Waals surface area contributed by atoms with Gasteiger partial charge in [0.05, 0.1) is 0 Å². The number of rotatable bonds is 4. The largest absolute Gasteiger partial charge is 0.120 e. The maximum absolute atomic E-state index is 2.40. The van der Waals surface area contributed by atoms with Gasteiger partial charge in [-0.3, -0.25) is 0 Å². The van der Waals surface area contributed by atoms with Gasteiger partial charge in [0.15, 0.2) is 0 Å². The summed E-state index contributed by atoms with van der Waals surface area (Å²) in [6, 6.07) is 0. The van der Waals surface area contributed by atoms with Gasteiger partial charge in [0.2, 0.25) is 0 Å². The number of fused-ring (bicyclic) bond motifs is 2. The molecule has 0 fully saturated rings. The first kappa shape index (κ1) is 27.3. The minimum absolute atomic E-state index is 0.175. The molecule has 0 heterocycles. The first-order chi connectivity index (χ1) is 13.8. The molecule has 0 aromatic rings. The van der Waals surface area contributed by atoms with E-state index < -0.39 is 0 Å². The molecule has 2 rings (SSSR count). The average Bonchev–Trinajstić information content (AvgIpc) is 2.75. The molecule has 2 aliphatic rings. The van der Waals surface area contributed by atoms with E-state index in [0.717, 1.165) is 6.42 Å². The summed E-state index contributed by atoms with van der Waals surface area (Å²) in [5.41, 5.74) is 2.99. The molecule has 0 aliphatic heterocycles. The minimum Gasteiger partial charge on any atom is -0.120 e. The molecule has 0 atom stereocenters. The lowest BCUT2D eigenvalue weighted by atomic mass is 10.1. The van der Waals surface area contributed by atoms with Gasteiger partial charge in [0.25, 0.3) is 0 Å². The first-order valence-corrected chi connectivity index (χ1v) is 14.4. The predicted molar refractivity (Wildman–Crippen MR) is 153 cm³/mol. The smallest absolute Gasteiger partial charge is 0.0124 e. The Morgan fingerprint density at radius 1 is 0.484 bits per heavy atom. The van der Waals surface area contributed by atoms with Gasteiger partial charge in [-0.15, -0.1) is 47.0 Å². The summed E-state index contributed by atoms with van der Waals surface area (Å²) in [7, 11) is 0. The van der Waals surface area contributed by atoms with Crippen LogP contribution in [0, 0.1) is 0 Å². The number of allylic oxidation sites excluding steroid dienone is 6. The number of hydrogen-bond acceptors (Lipinski definition) is 4. The zero-order valence-corrected chi connectivity index (χ0v) is 24.9. The third kappa shape index (κ3) is 9.47. The van der Waals surface area contributed by atoms with Crippen LogP contribution in [0.25, 0.3) is 0 Å². The molecule has 0 N–H and O–H groups in total. The molecule has 2 aliphatic carbocycles. The van der Waals surface area contributed by atoms with E-state index in [1.165, 1.54) is 30.8 Å². The third-order valence-electron chi connectivity index (χ3n) is 3.98. The highest BCUT2D eigenvalue weighted by molar-refractivity contribution is 8.06. The highest BCUT2D eigenvalue weighted by Gasteiger charge is 2.30. The molecule has 0 aromatic carbocycles. The molecule has 0 saturated heterocycles. The zero-order chi connectivity index (χ0) is 23.8. The summed E-state index contributed by atoms with van der Waals surface area (Å²) in [5.74, 6) is 0. The van der Waals surface area contributed by atoms with Crippen molar-refractivity contribution in [3.8, 4) is 0 Å². The monoisotopic (exact) mass is 494 g/mol. The molecule has 0 unspecified atom stereocenters. The van der Waals surface area contributed by atoms with E-state index in [0.29, 0.717) is 0 Å². The zero-order valence-electron chi connectivity index (χ0n) is 21.6. The van der Waals surface area contributed by atoms with Gasteiger partial charge in [0.1, 0.15) is 0 Å². The summed E-state index contributed by atoms with van der Waals surface area (Å²) in [6.07, 6.45) is 10.6. The molecule has 31 heavy (non-hydrogen) atoms. The molecule has 4 heteroatoms. The molecule has 2 bridgehead atoms. The highest BCUT2D eigenvalue weighted by Crippen LogP contribution is 2.52. The van der Waals surface area contributed by atoms with Crippen molar-refractivity contribution in [1.82, 2.24) is 0 Å². The van der Waals surface area contributed by atoms with Crippen LogP contribution < -0.4 is 0 Å². The standard InChI is InChI=1S/C27H42S4/c1-24(2,3)28-20-13-14-22(30-26(7,8)9)19-17-18(20)21(29-25(4,5)6)15-16-23(19)31-27(10,11)12/h13-16H,17H2,1-12H3. The molecule has 0 radical (unpaired) electrons. The fraction of sp³-hybridized carbons (Fsp3) is 0.630. The molecule has 174 valence electrons. The number of hydrogen-bond donors (Lipinski definition) is 0. The van der Waals surface area contributed by atoms with Crippen molar-refractivity contribution in [2.75, 3.05) is 0 Å². The second-order valence-corrected chi connectivity index (χ2v) is 19.6. The van der Waals surface area contributed by atoms with E-state index >= 15 is 0 Å². The maximum atomic E-state index is 2.40. The third-order valence-corrected chi connectivity index (χ3v) is 8.84. The van der Waals surface area contributed by atoms with Crippen molar-refractivity contribution in [3.63, 3.8) is 0 Å². The van der Waals surface area contributed by atoms with E-state index in [9.17, 15) is 0 Å². The Morgan fingerprint density at radius 3 is 1.03 bits per heavy atom. The van der Waals surface area contributed by atoms with E-state index in [4.69, 9.17) is 0 Å². The van der Waals surface area contributed by atoms with Gasteiger partial charge in [-0.2, -0.15) is 0 Å². The Bertz CT molecular complexity index is 766. The van der Waals surface area contributed by atoms with Gasteiger partial charge in [-0.1, -0.05) is 83.1 Å². The van der Waals surface area contributed by atoms with Crippen molar-refractivity contribution >= 4 is 47.0 Å². The second-order valence-electron chi connectivity index (χ2n) is 12.1. The Morgan fingerprint density at radius 2 is 0.774 bits per heavy atom. The van der Waals surface area contributed by atoms with Crippen LogP contribution >= 0.6 is 47.0 Å². The van der Waals surface area contributed by atoms with Crippen molar-refractivity contribution in [2.24, 2.45) is 0 Å². The van der Waals surface area contributed by atoms with Crippen LogP contribution in [-0.2, 0) is 0 Å². The van der Waals surface area contributed by atoms with Gasteiger partial charge >= 0.3 is 0 Å². The molecule has 0 aromatic heterocycles. The van der Waals surface area contributed by atoms with E-state index in [2.05, 4.69) is 107 Å². The van der Waals surface area contributed by atoms with Crippen molar-refractivity contribution in [2.45, 2.75) is 108 Å². The maximum Gasteiger partial charge on any atom is 0.0124 e. The summed E-state index contributed by atoms with van der Waals surface area (Å²) in [6.45, 7) is 27.8. The Kier molecular flexibility index (Phi) is 8.61. The first-order valence-electron chi connectivity index (χ1n) is 11.2. The van der Waals surface area contributed by atoms with Crippen LogP contribution in [0.2, 0.25) is 0 Å². The van der Waals surface area contributed by atoms with Crippen molar-refractivity contribution in [1.29, 1.82) is 0 Å². The van der Waals surface area contributed by atoms with Gasteiger partial charge in [0, 0.05) is 45.0 Å². The molecular weight excluding hydrogens is 453 g/mol. The number of thioether (sulfide) groups is 4. The van der Waals surface area contributed by atoms with Crippen molar-refractivity contribution < 1.29 is 0 Å². The molecular formula is C27H42S4. The Balaban J connectivity index is 2.71. The van der Waals surface area contributed by atoms with Crippen molar-refractivity contribution in [3.05, 3.63) is 55.1 Å². The molecule has 0 spiro atoms. The van der Waals surface area contributed by atoms with Crippen LogP contribution in [-0.4, -0.2) is 19.0 Å². The Labute approximate surface area is 209 Å². The van der Waals surface area contributed by atoms with Crippen LogP contribution in [0.15, 0.2) is 55.1 Å². The minimum atomic E-state index is 0.175. The van der Waals surface area contributed by atoms with Gasteiger partial charge < -0.3 is 0 Å². The predicted octanol–water partition coefficient (Wildman–Crippen LogP) is 10.4. The normalized spacial score (nSPS) is 18.7. The van der Waals surface area contributed by atoms with E-state index in [1.807, 2.05) is 47.0 Å². The molecule has 0 amide bonds. The lowest BCUT2D eigenvalue weighted by Gasteiger charge is -2.26. The fourth-order valence-electron chi connectivity index (χ4n) is 3.18.